The summed E-state index contributed by atoms with van der Waals surface area (Å²) in [5.74, 6) is -0.0412. The van der Waals surface area contributed by atoms with Crippen LogP contribution in [-0.2, 0) is 11.3 Å². The number of carbonyl (C=O) groups excluding carboxylic acids is 1. The lowest BCUT2D eigenvalue weighted by molar-refractivity contribution is -0.118. The molecule has 0 aromatic carbocycles. The van der Waals surface area contributed by atoms with Gasteiger partial charge in [-0.1, -0.05) is 0 Å². The summed E-state index contributed by atoms with van der Waals surface area (Å²) in [5, 5.41) is 2.74. The quantitative estimate of drug-likeness (QED) is 0.812. The Morgan fingerprint density at radius 3 is 3.06 bits per heavy atom. The lowest BCUT2D eigenvalue weighted by Gasteiger charge is -2.04. The highest BCUT2D eigenvalue weighted by Gasteiger charge is 2.05. The molecule has 0 fully saturated rings. The number of pyridine rings is 1. The first-order valence-electron chi connectivity index (χ1n) is 5.38. The number of nitrogens with zero attached hydrogens (tertiary/aromatic N) is 2. The number of fused-ring (bicyclic) bond motifs is 1. The van der Waals surface area contributed by atoms with Crippen molar-refractivity contribution in [1.29, 1.82) is 0 Å². The predicted molar refractivity (Wildman–Crippen MR) is 68.3 cm³/mol. The summed E-state index contributed by atoms with van der Waals surface area (Å²) >= 11 is 5.23. The van der Waals surface area contributed by atoms with Gasteiger partial charge in [0.15, 0.2) is 10.4 Å². The molecule has 0 radical (unpaired) electrons. The molecule has 6 heteroatoms. The fourth-order valence-electron chi connectivity index (χ4n) is 1.68. The number of rotatable bonds is 3. The van der Waals surface area contributed by atoms with Crippen LogP contribution in [0, 0.1) is 11.7 Å². The number of H-pyrrole nitrogens is 1. The highest BCUT2D eigenvalue weighted by Crippen LogP contribution is 2.11. The lowest BCUT2D eigenvalue weighted by Crippen LogP contribution is -2.24. The van der Waals surface area contributed by atoms with Crippen molar-refractivity contribution in [2.45, 2.75) is 20.4 Å². The molecule has 0 aliphatic carbocycles. The molecule has 2 aromatic heterocycles. The number of hydrogen-bond acceptors (Lipinski definition) is 3. The Morgan fingerprint density at radius 2 is 2.35 bits per heavy atom. The summed E-state index contributed by atoms with van der Waals surface area (Å²) in [6.07, 6.45) is 0. The van der Waals surface area contributed by atoms with Gasteiger partial charge < -0.3 is 10.3 Å². The second kappa shape index (κ2) is 4.67. The SMILES string of the molecule is CC(=O)NCCn1c(=S)[nH]c2ccc(C)nc21. The van der Waals surface area contributed by atoms with Crippen LogP contribution in [0.15, 0.2) is 12.1 Å². The van der Waals surface area contributed by atoms with E-state index in [1.54, 1.807) is 0 Å². The van der Waals surface area contributed by atoms with E-state index in [4.69, 9.17) is 12.2 Å². The number of carbonyl (C=O) groups is 1. The smallest absolute Gasteiger partial charge is 0.216 e. The van der Waals surface area contributed by atoms with Gasteiger partial charge in [0.2, 0.25) is 5.91 Å². The van der Waals surface area contributed by atoms with Crippen molar-refractivity contribution in [3.63, 3.8) is 0 Å². The highest BCUT2D eigenvalue weighted by atomic mass is 32.1. The van der Waals surface area contributed by atoms with E-state index in [-0.39, 0.29) is 5.91 Å². The van der Waals surface area contributed by atoms with Gasteiger partial charge in [0.1, 0.15) is 0 Å². The Labute approximate surface area is 104 Å². The first-order valence-corrected chi connectivity index (χ1v) is 5.79. The third-order valence-electron chi connectivity index (χ3n) is 2.47. The molecule has 2 heterocycles. The molecule has 5 nitrogen and oxygen atoms in total. The Balaban J connectivity index is 2.32. The van der Waals surface area contributed by atoms with Crippen LogP contribution in [0.2, 0.25) is 0 Å². The zero-order valence-electron chi connectivity index (χ0n) is 9.78. The average Bonchev–Trinajstić information content (AvgIpc) is 2.55. The van der Waals surface area contributed by atoms with Crippen LogP contribution >= 0.6 is 12.2 Å². The normalized spacial score (nSPS) is 10.7. The molecular weight excluding hydrogens is 236 g/mol. The van der Waals surface area contributed by atoms with Crippen molar-refractivity contribution < 1.29 is 4.79 Å². The Kier molecular flexibility index (Phi) is 3.23. The summed E-state index contributed by atoms with van der Waals surface area (Å²) in [6.45, 7) is 4.60. The van der Waals surface area contributed by atoms with Crippen molar-refractivity contribution in [3.05, 3.63) is 22.6 Å². The Morgan fingerprint density at radius 1 is 1.59 bits per heavy atom. The van der Waals surface area contributed by atoms with Crippen LogP contribution in [-0.4, -0.2) is 27.0 Å². The molecule has 0 saturated heterocycles. The molecule has 0 unspecified atom stereocenters. The second-order valence-corrected chi connectivity index (χ2v) is 4.28. The number of aromatic nitrogens is 3. The maximum atomic E-state index is 10.8. The molecule has 0 atom stereocenters. The Bertz CT molecular complexity index is 613. The minimum Gasteiger partial charge on any atom is -0.355 e. The molecule has 0 saturated carbocycles. The van der Waals surface area contributed by atoms with Gasteiger partial charge in [-0.2, -0.15) is 0 Å². The van der Waals surface area contributed by atoms with E-state index in [0.717, 1.165) is 16.9 Å². The van der Waals surface area contributed by atoms with Gasteiger partial charge in [0.05, 0.1) is 5.52 Å². The molecule has 0 aliphatic rings. The van der Waals surface area contributed by atoms with Crippen molar-refractivity contribution in [2.24, 2.45) is 0 Å². The maximum Gasteiger partial charge on any atom is 0.216 e. The summed E-state index contributed by atoms with van der Waals surface area (Å²) in [6, 6.07) is 3.90. The van der Waals surface area contributed by atoms with Crippen LogP contribution in [0.1, 0.15) is 12.6 Å². The average molecular weight is 250 g/mol. The first-order chi connectivity index (χ1) is 8.08. The van der Waals surface area contributed by atoms with Crippen LogP contribution < -0.4 is 5.32 Å². The van der Waals surface area contributed by atoms with Crippen molar-refractivity contribution in [3.8, 4) is 0 Å². The van der Waals surface area contributed by atoms with Crippen LogP contribution in [0.4, 0.5) is 0 Å². The van der Waals surface area contributed by atoms with E-state index in [2.05, 4.69) is 15.3 Å². The summed E-state index contributed by atoms with van der Waals surface area (Å²) in [4.78, 5) is 18.3. The first kappa shape index (κ1) is 11.8. The third-order valence-corrected chi connectivity index (χ3v) is 2.79. The standard InChI is InChI=1S/C11H14N4OS/c1-7-3-4-9-10(13-7)15(11(17)14-9)6-5-12-8(2)16/h3-4H,5-6H2,1-2H3,(H,12,16)(H,14,17). The molecular formula is C11H14N4OS. The van der Waals surface area contributed by atoms with E-state index in [1.807, 2.05) is 23.6 Å². The van der Waals surface area contributed by atoms with Gasteiger partial charge in [0.25, 0.3) is 0 Å². The zero-order valence-corrected chi connectivity index (χ0v) is 10.6. The number of hydrogen-bond donors (Lipinski definition) is 2. The fourth-order valence-corrected chi connectivity index (χ4v) is 1.96. The molecule has 2 aromatic rings. The minimum absolute atomic E-state index is 0.0412. The minimum atomic E-state index is -0.0412. The van der Waals surface area contributed by atoms with Crippen LogP contribution in [0.25, 0.3) is 11.2 Å². The molecule has 0 aliphatic heterocycles. The van der Waals surface area contributed by atoms with Gasteiger partial charge >= 0.3 is 0 Å². The predicted octanol–water partition coefficient (Wildman–Crippen LogP) is 1.54. The van der Waals surface area contributed by atoms with Crippen LogP contribution in [0.5, 0.6) is 0 Å². The molecule has 1 amide bonds. The molecule has 90 valence electrons. The van der Waals surface area contributed by atoms with Gasteiger partial charge in [0, 0.05) is 25.7 Å². The number of nitrogens with one attached hydrogen (secondary N) is 2. The van der Waals surface area contributed by atoms with E-state index >= 15 is 0 Å². The van der Waals surface area contributed by atoms with E-state index in [0.29, 0.717) is 17.9 Å². The second-order valence-electron chi connectivity index (χ2n) is 3.89. The Hall–Kier alpha value is -1.69. The molecule has 17 heavy (non-hydrogen) atoms. The van der Waals surface area contributed by atoms with E-state index < -0.39 is 0 Å². The molecule has 2 rings (SSSR count). The van der Waals surface area contributed by atoms with E-state index in [1.165, 1.54) is 6.92 Å². The van der Waals surface area contributed by atoms with Crippen molar-refractivity contribution in [1.82, 2.24) is 19.9 Å². The van der Waals surface area contributed by atoms with Gasteiger partial charge in [-0.15, -0.1) is 0 Å². The summed E-state index contributed by atoms with van der Waals surface area (Å²) in [5.41, 5.74) is 2.70. The molecule has 0 spiro atoms. The summed E-state index contributed by atoms with van der Waals surface area (Å²) < 4.78 is 2.52. The van der Waals surface area contributed by atoms with Crippen LogP contribution in [0.3, 0.4) is 0 Å². The third kappa shape index (κ3) is 2.52. The molecule has 0 bridgehead atoms. The van der Waals surface area contributed by atoms with Crippen molar-refractivity contribution >= 4 is 29.3 Å². The topological polar surface area (TPSA) is 62.7 Å². The molecule has 2 N–H and O–H groups in total. The fraction of sp³-hybridized carbons (Fsp3) is 0.364. The van der Waals surface area contributed by atoms with Gasteiger partial charge in [-0.05, 0) is 31.3 Å². The summed E-state index contributed by atoms with van der Waals surface area (Å²) in [7, 11) is 0. The largest absolute Gasteiger partial charge is 0.355 e. The highest BCUT2D eigenvalue weighted by molar-refractivity contribution is 7.71. The van der Waals surface area contributed by atoms with Gasteiger partial charge in [-0.25, -0.2) is 4.98 Å². The monoisotopic (exact) mass is 250 g/mol. The zero-order chi connectivity index (χ0) is 12.4. The lowest BCUT2D eigenvalue weighted by atomic mass is 10.3. The number of aromatic amines is 1. The van der Waals surface area contributed by atoms with E-state index in [9.17, 15) is 4.79 Å². The number of amides is 1. The van der Waals surface area contributed by atoms with Crippen molar-refractivity contribution in [2.75, 3.05) is 6.54 Å². The number of imidazole rings is 1. The maximum absolute atomic E-state index is 10.8. The van der Waals surface area contributed by atoms with Gasteiger partial charge in [-0.3, -0.25) is 9.36 Å². The number of aryl methyl sites for hydroxylation is 1.